The van der Waals surface area contributed by atoms with E-state index < -0.39 is 0 Å². The van der Waals surface area contributed by atoms with Crippen LogP contribution >= 0.6 is 0 Å². The average molecular weight is 502 g/mol. The van der Waals surface area contributed by atoms with Gasteiger partial charge in [-0.25, -0.2) is 19.9 Å². The minimum atomic E-state index is -0.242. The Morgan fingerprint density at radius 3 is 2.89 bits per heavy atom. The number of rotatable bonds is 13. The summed E-state index contributed by atoms with van der Waals surface area (Å²) in [4.78, 5) is 20.2. The van der Waals surface area contributed by atoms with Gasteiger partial charge in [-0.1, -0.05) is 18.2 Å². The molecule has 9 nitrogen and oxygen atoms in total. The van der Waals surface area contributed by atoms with Gasteiger partial charge in [0.15, 0.2) is 0 Å². The van der Waals surface area contributed by atoms with Crippen LogP contribution in [0.15, 0.2) is 47.7 Å². The Kier molecular flexibility index (Phi) is 9.37. The summed E-state index contributed by atoms with van der Waals surface area (Å²) in [6, 6.07) is 12.5. The van der Waals surface area contributed by atoms with E-state index >= 15 is 0 Å². The maximum Gasteiger partial charge on any atom is 0.137 e. The molecule has 0 fully saturated rings. The maximum absolute atomic E-state index is 7.39. The number of amidine groups is 1. The number of nitrogens with zero attached hydrogens (tertiary/aromatic N) is 5. The van der Waals surface area contributed by atoms with Crippen molar-refractivity contribution in [2.24, 2.45) is 10.7 Å². The fourth-order valence-corrected chi connectivity index (χ4v) is 4.80. The Hall–Kier alpha value is -3.59. The van der Waals surface area contributed by atoms with E-state index in [0.29, 0.717) is 11.9 Å². The first kappa shape index (κ1) is 26.5. The maximum atomic E-state index is 7.39. The molecule has 1 unspecified atom stereocenters. The van der Waals surface area contributed by atoms with Crippen LogP contribution in [0.1, 0.15) is 50.8 Å². The third-order valence-corrected chi connectivity index (χ3v) is 6.94. The minimum absolute atomic E-state index is 0.242. The summed E-state index contributed by atoms with van der Waals surface area (Å²) in [5, 5.41) is 15.2. The van der Waals surface area contributed by atoms with Crippen molar-refractivity contribution in [2.75, 3.05) is 30.3 Å². The molecule has 3 aromatic rings. The molecule has 37 heavy (non-hydrogen) atoms. The van der Waals surface area contributed by atoms with Gasteiger partial charge < -0.3 is 21.3 Å². The minimum Gasteiger partial charge on any atom is -0.385 e. The van der Waals surface area contributed by atoms with Gasteiger partial charge in [-0.05, 0) is 82.7 Å². The van der Waals surface area contributed by atoms with Crippen LogP contribution in [0.3, 0.4) is 0 Å². The Balaban J connectivity index is 1.33. The van der Waals surface area contributed by atoms with Crippen molar-refractivity contribution in [3.8, 4) is 0 Å². The molecule has 0 bridgehead atoms. The Morgan fingerprint density at radius 1 is 1.19 bits per heavy atom. The SMILES string of the molecule is CC(C)N(CCCCc1ccc2c(n1)NCCC2)CCC(Nc1ncnc2ccccc12)C(N)=NC=N. The zero-order chi connectivity index (χ0) is 26.0. The zero-order valence-corrected chi connectivity index (χ0v) is 22.0. The fourth-order valence-electron chi connectivity index (χ4n) is 4.80. The van der Waals surface area contributed by atoms with Gasteiger partial charge in [0.25, 0.3) is 0 Å². The number of aryl methyl sites for hydroxylation is 2. The van der Waals surface area contributed by atoms with E-state index in [-0.39, 0.29) is 6.04 Å². The molecule has 0 radical (unpaired) electrons. The van der Waals surface area contributed by atoms with Crippen LogP contribution in [0, 0.1) is 5.41 Å². The van der Waals surface area contributed by atoms with Gasteiger partial charge >= 0.3 is 0 Å². The van der Waals surface area contributed by atoms with Crippen LogP contribution in [0.4, 0.5) is 11.6 Å². The van der Waals surface area contributed by atoms with Crippen molar-refractivity contribution in [1.29, 1.82) is 5.41 Å². The number of hydrogen-bond acceptors (Lipinski definition) is 7. The van der Waals surface area contributed by atoms with Crippen LogP contribution in [-0.4, -0.2) is 63.7 Å². The number of nitrogens with one attached hydrogen (secondary N) is 3. The number of unbranched alkanes of at least 4 members (excludes halogenated alkanes) is 1. The summed E-state index contributed by atoms with van der Waals surface area (Å²) < 4.78 is 0. The van der Waals surface area contributed by atoms with Gasteiger partial charge in [-0.2, -0.15) is 0 Å². The highest BCUT2D eigenvalue weighted by Gasteiger charge is 2.19. The summed E-state index contributed by atoms with van der Waals surface area (Å²) >= 11 is 0. The quantitative estimate of drug-likeness (QED) is 0.157. The molecule has 5 N–H and O–H groups in total. The zero-order valence-electron chi connectivity index (χ0n) is 22.0. The lowest BCUT2D eigenvalue weighted by molar-refractivity contribution is 0.214. The fraction of sp³-hybridized carbons (Fsp3) is 0.464. The molecule has 3 heterocycles. The van der Waals surface area contributed by atoms with Crippen molar-refractivity contribution in [3.63, 3.8) is 0 Å². The van der Waals surface area contributed by atoms with E-state index in [1.54, 1.807) is 6.33 Å². The normalized spacial score (nSPS) is 14.4. The molecule has 1 aromatic carbocycles. The average Bonchev–Trinajstić information content (AvgIpc) is 2.91. The Bertz CT molecular complexity index is 1200. The van der Waals surface area contributed by atoms with Crippen LogP contribution < -0.4 is 16.4 Å². The van der Waals surface area contributed by atoms with Crippen molar-refractivity contribution in [1.82, 2.24) is 19.9 Å². The molecule has 0 spiro atoms. The molecule has 0 amide bonds. The molecule has 1 aliphatic rings. The van der Waals surface area contributed by atoms with E-state index in [4.69, 9.17) is 16.1 Å². The molecule has 0 saturated carbocycles. The van der Waals surface area contributed by atoms with E-state index in [2.05, 4.69) is 56.5 Å². The predicted molar refractivity (Wildman–Crippen MR) is 153 cm³/mol. The second kappa shape index (κ2) is 13.1. The van der Waals surface area contributed by atoms with Gasteiger partial charge in [0.2, 0.25) is 0 Å². The summed E-state index contributed by atoms with van der Waals surface area (Å²) in [6.45, 7) is 7.34. The van der Waals surface area contributed by atoms with Gasteiger partial charge in [0.05, 0.1) is 11.6 Å². The van der Waals surface area contributed by atoms with Crippen LogP contribution in [0.2, 0.25) is 0 Å². The number of nitrogens with two attached hydrogens (primary N) is 1. The van der Waals surface area contributed by atoms with Gasteiger partial charge in [0, 0.05) is 30.2 Å². The summed E-state index contributed by atoms with van der Waals surface area (Å²) in [6.07, 6.45) is 8.79. The highest BCUT2D eigenvalue weighted by molar-refractivity contribution is 5.95. The van der Waals surface area contributed by atoms with Gasteiger partial charge in [-0.3, -0.25) is 5.41 Å². The second-order valence-electron chi connectivity index (χ2n) is 9.84. The molecule has 0 saturated heterocycles. The summed E-state index contributed by atoms with van der Waals surface area (Å²) in [5.41, 5.74) is 9.65. The molecule has 1 aliphatic heterocycles. The highest BCUT2D eigenvalue weighted by Crippen LogP contribution is 2.21. The van der Waals surface area contributed by atoms with Crippen molar-refractivity contribution >= 4 is 34.7 Å². The first-order valence-electron chi connectivity index (χ1n) is 13.3. The van der Waals surface area contributed by atoms with Crippen molar-refractivity contribution in [2.45, 2.75) is 64.5 Å². The topological polar surface area (TPSA) is 128 Å². The third-order valence-electron chi connectivity index (χ3n) is 6.94. The van der Waals surface area contributed by atoms with E-state index in [9.17, 15) is 0 Å². The number of anilines is 2. The van der Waals surface area contributed by atoms with Crippen molar-refractivity contribution < 1.29 is 0 Å². The number of aliphatic imine (C=N–C) groups is 1. The Morgan fingerprint density at radius 2 is 2.05 bits per heavy atom. The van der Waals surface area contributed by atoms with Crippen LogP contribution in [0.5, 0.6) is 0 Å². The summed E-state index contributed by atoms with van der Waals surface area (Å²) in [7, 11) is 0. The largest absolute Gasteiger partial charge is 0.385 e. The van der Waals surface area contributed by atoms with Crippen LogP contribution in [0.25, 0.3) is 10.9 Å². The van der Waals surface area contributed by atoms with Crippen molar-refractivity contribution in [3.05, 3.63) is 54.0 Å². The second-order valence-corrected chi connectivity index (χ2v) is 9.84. The third kappa shape index (κ3) is 7.22. The van der Waals surface area contributed by atoms with Gasteiger partial charge in [0.1, 0.15) is 30.1 Å². The molecule has 196 valence electrons. The monoisotopic (exact) mass is 501 g/mol. The lowest BCUT2D eigenvalue weighted by Gasteiger charge is -2.29. The number of hydrogen-bond donors (Lipinski definition) is 4. The van der Waals surface area contributed by atoms with Gasteiger partial charge in [-0.15, -0.1) is 0 Å². The smallest absolute Gasteiger partial charge is 0.137 e. The number of para-hydroxylation sites is 1. The first-order chi connectivity index (χ1) is 18.0. The molecule has 2 aromatic heterocycles. The first-order valence-corrected chi connectivity index (χ1v) is 13.3. The molecule has 4 rings (SSSR count). The predicted octanol–water partition coefficient (Wildman–Crippen LogP) is 4.25. The molecule has 1 atom stereocenters. The van der Waals surface area contributed by atoms with E-state index in [1.165, 1.54) is 17.7 Å². The van der Waals surface area contributed by atoms with E-state index in [0.717, 1.165) is 80.6 Å². The Labute approximate surface area is 219 Å². The number of pyridine rings is 1. The number of fused-ring (bicyclic) bond motifs is 2. The molecular weight excluding hydrogens is 462 g/mol. The summed E-state index contributed by atoms with van der Waals surface area (Å²) in [5.74, 6) is 2.18. The molecule has 0 aliphatic carbocycles. The van der Waals surface area contributed by atoms with E-state index in [1.807, 2.05) is 24.3 Å². The lowest BCUT2D eigenvalue weighted by atomic mass is 10.1. The highest BCUT2D eigenvalue weighted by atomic mass is 15.2. The van der Waals surface area contributed by atoms with Crippen LogP contribution in [-0.2, 0) is 12.8 Å². The standard InChI is InChI=1S/C28H39N9/c1-20(2)37(16-6-5-9-22-13-12-21-8-7-15-31-27(21)35-22)17-14-25(26(30)32-18-29)36-28-23-10-3-4-11-24(23)33-19-34-28/h3-4,10-13,18-20,25H,5-9,14-17H2,1-2H3,(H,31,35)(H3,29,30,32)(H,33,34,36). The molecular formula is C28H39N9. The number of aromatic nitrogens is 3. The lowest BCUT2D eigenvalue weighted by Crippen LogP contribution is -2.41. The molecule has 9 heteroatoms. The number of benzene rings is 1.